The Balaban J connectivity index is 2.73. The van der Waals surface area contributed by atoms with Gasteiger partial charge in [0.1, 0.15) is 12.0 Å². The fourth-order valence-corrected chi connectivity index (χ4v) is 1.29. The highest BCUT2D eigenvalue weighted by molar-refractivity contribution is 5.90. The molecule has 1 aliphatic rings. The SMILES string of the molecule is C[C@@H]1C(=N)C(C#N)C[NH+]1C. The lowest BCUT2D eigenvalue weighted by Gasteiger charge is -2.08. The molecule has 0 spiro atoms. The molecule has 1 fully saturated rings. The van der Waals surface area contributed by atoms with Gasteiger partial charge in [0.05, 0.1) is 25.4 Å². The summed E-state index contributed by atoms with van der Waals surface area (Å²) in [6.07, 6.45) is 0. The van der Waals surface area contributed by atoms with Crippen LogP contribution in [0.2, 0.25) is 0 Å². The standard InChI is InChI=1S/C7H11N3/c1-5-7(9)6(3-8)4-10(5)2/h5-6,9H,4H2,1-2H3/p+1/t5-,6?/m1/s1. The topological polar surface area (TPSA) is 52.1 Å². The molecule has 10 heavy (non-hydrogen) atoms. The first-order valence-corrected chi connectivity index (χ1v) is 3.47. The number of hydrogen-bond donors (Lipinski definition) is 2. The highest BCUT2D eigenvalue weighted by atomic mass is 15.2. The minimum atomic E-state index is -0.130. The summed E-state index contributed by atoms with van der Waals surface area (Å²) in [6, 6.07) is 2.37. The number of quaternary nitrogens is 1. The molecule has 2 N–H and O–H groups in total. The Kier molecular flexibility index (Phi) is 1.73. The number of nitrogens with zero attached hydrogens (tertiary/aromatic N) is 1. The second-order valence-corrected chi connectivity index (χ2v) is 2.91. The van der Waals surface area contributed by atoms with Crippen LogP contribution >= 0.6 is 0 Å². The highest BCUT2D eigenvalue weighted by Gasteiger charge is 2.35. The van der Waals surface area contributed by atoms with Crippen molar-refractivity contribution in [3.05, 3.63) is 0 Å². The van der Waals surface area contributed by atoms with E-state index < -0.39 is 0 Å². The molecule has 1 rings (SSSR count). The van der Waals surface area contributed by atoms with Crippen LogP contribution in [-0.4, -0.2) is 25.3 Å². The van der Waals surface area contributed by atoms with Crippen molar-refractivity contribution in [2.45, 2.75) is 13.0 Å². The minimum Gasteiger partial charge on any atom is -0.329 e. The molecule has 0 aromatic carbocycles. The Labute approximate surface area is 60.8 Å². The Bertz CT molecular complexity index is 192. The van der Waals surface area contributed by atoms with Crippen LogP contribution in [0.3, 0.4) is 0 Å². The summed E-state index contributed by atoms with van der Waals surface area (Å²) in [7, 11) is 2.02. The largest absolute Gasteiger partial charge is 0.329 e. The maximum Gasteiger partial charge on any atom is 0.138 e. The molecule has 0 amide bonds. The third-order valence-corrected chi connectivity index (χ3v) is 2.26. The van der Waals surface area contributed by atoms with Crippen LogP contribution in [0.15, 0.2) is 0 Å². The van der Waals surface area contributed by atoms with Crippen molar-refractivity contribution in [2.75, 3.05) is 13.6 Å². The van der Waals surface area contributed by atoms with Gasteiger partial charge >= 0.3 is 0 Å². The summed E-state index contributed by atoms with van der Waals surface area (Å²) in [5.41, 5.74) is 0.597. The van der Waals surface area contributed by atoms with Gasteiger partial charge in [0.25, 0.3) is 0 Å². The maximum absolute atomic E-state index is 8.57. The van der Waals surface area contributed by atoms with Crippen molar-refractivity contribution in [3.63, 3.8) is 0 Å². The van der Waals surface area contributed by atoms with Crippen LogP contribution < -0.4 is 4.90 Å². The van der Waals surface area contributed by atoms with Gasteiger partial charge in [-0.05, 0) is 6.92 Å². The molecule has 0 aromatic rings. The molecule has 0 aliphatic carbocycles. The predicted octanol–water partition coefficient (Wildman–Crippen LogP) is -0.937. The van der Waals surface area contributed by atoms with Gasteiger partial charge in [0.2, 0.25) is 0 Å². The van der Waals surface area contributed by atoms with Gasteiger partial charge in [-0.15, -0.1) is 0 Å². The molecule has 3 atom stereocenters. The van der Waals surface area contributed by atoms with E-state index in [1.165, 1.54) is 4.90 Å². The average molecular weight is 138 g/mol. The normalized spacial score (nSPS) is 39.7. The van der Waals surface area contributed by atoms with Crippen molar-refractivity contribution in [2.24, 2.45) is 5.92 Å². The summed E-state index contributed by atoms with van der Waals surface area (Å²) in [6.45, 7) is 2.80. The minimum absolute atomic E-state index is 0.130. The molecule has 54 valence electrons. The van der Waals surface area contributed by atoms with Crippen LogP contribution in [-0.2, 0) is 0 Å². The summed E-state index contributed by atoms with van der Waals surface area (Å²) >= 11 is 0. The molecule has 0 aromatic heterocycles. The molecule has 1 heterocycles. The Morgan fingerprint density at radius 1 is 1.80 bits per heavy atom. The number of likely N-dealkylation sites (tertiary alicyclic amines) is 1. The highest BCUT2D eigenvalue weighted by Crippen LogP contribution is 2.02. The Hall–Kier alpha value is -0.880. The molecule has 2 unspecified atom stereocenters. The zero-order valence-corrected chi connectivity index (χ0v) is 6.31. The zero-order chi connectivity index (χ0) is 7.72. The van der Waals surface area contributed by atoms with Crippen molar-refractivity contribution in [1.29, 1.82) is 10.7 Å². The summed E-state index contributed by atoms with van der Waals surface area (Å²) in [5.74, 6) is -0.130. The first-order valence-electron chi connectivity index (χ1n) is 3.47. The number of nitrogens with one attached hydrogen (secondary N) is 2. The van der Waals surface area contributed by atoms with Crippen LogP contribution in [0.5, 0.6) is 0 Å². The van der Waals surface area contributed by atoms with Gasteiger partial charge in [-0.25, -0.2) is 0 Å². The molecule has 3 nitrogen and oxygen atoms in total. The van der Waals surface area contributed by atoms with E-state index in [0.29, 0.717) is 5.71 Å². The number of nitriles is 1. The number of rotatable bonds is 0. The van der Waals surface area contributed by atoms with Crippen LogP contribution in [0.25, 0.3) is 0 Å². The maximum atomic E-state index is 8.57. The van der Waals surface area contributed by atoms with E-state index in [2.05, 4.69) is 6.07 Å². The molecular weight excluding hydrogens is 126 g/mol. The first kappa shape index (κ1) is 7.23. The third kappa shape index (κ3) is 0.910. The molecule has 1 saturated heterocycles. The molecule has 3 heteroatoms. The van der Waals surface area contributed by atoms with Gasteiger partial charge in [0.15, 0.2) is 0 Å². The Morgan fingerprint density at radius 2 is 2.40 bits per heavy atom. The third-order valence-electron chi connectivity index (χ3n) is 2.26. The molecule has 0 bridgehead atoms. The molecular formula is C7H12N3+. The van der Waals surface area contributed by atoms with Gasteiger partial charge < -0.3 is 10.3 Å². The monoisotopic (exact) mass is 138 g/mol. The quantitative estimate of drug-likeness (QED) is 0.446. The summed E-state index contributed by atoms with van der Waals surface area (Å²) < 4.78 is 0. The molecule has 0 saturated carbocycles. The van der Waals surface area contributed by atoms with Gasteiger partial charge in [-0.2, -0.15) is 5.26 Å². The van der Waals surface area contributed by atoms with Gasteiger partial charge in [-0.1, -0.05) is 0 Å². The summed E-state index contributed by atoms with van der Waals surface area (Å²) in [4.78, 5) is 1.27. The first-order chi connectivity index (χ1) is 4.66. The van der Waals surface area contributed by atoms with E-state index in [0.717, 1.165) is 6.54 Å². The number of hydrogen-bond acceptors (Lipinski definition) is 2. The van der Waals surface area contributed by atoms with Crippen LogP contribution in [0, 0.1) is 22.7 Å². The zero-order valence-electron chi connectivity index (χ0n) is 6.31. The lowest BCUT2D eigenvalue weighted by Crippen LogP contribution is -3.10. The lowest BCUT2D eigenvalue weighted by molar-refractivity contribution is -0.885. The second kappa shape index (κ2) is 2.39. The van der Waals surface area contributed by atoms with Gasteiger partial charge in [0, 0.05) is 0 Å². The van der Waals surface area contributed by atoms with Crippen LogP contribution in [0.4, 0.5) is 0 Å². The average Bonchev–Trinajstić information content (AvgIpc) is 2.17. The molecule has 0 radical (unpaired) electrons. The smallest absolute Gasteiger partial charge is 0.138 e. The van der Waals surface area contributed by atoms with E-state index in [9.17, 15) is 0 Å². The van der Waals surface area contributed by atoms with E-state index in [1.54, 1.807) is 0 Å². The lowest BCUT2D eigenvalue weighted by atomic mass is 10.1. The van der Waals surface area contributed by atoms with Gasteiger partial charge in [-0.3, -0.25) is 0 Å². The van der Waals surface area contributed by atoms with Crippen molar-refractivity contribution in [1.82, 2.24) is 0 Å². The van der Waals surface area contributed by atoms with Crippen molar-refractivity contribution < 1.29 is 4.90 Å². The fourth-order valence-electron chi connectivity index (χ4n) is 1.29. The molecule has 1 aliphatic heterocycles. The van der Waals surface area contributed by atoms with Crippen molar-refractivity contribution >= 4 is 5.71 Å². The predicted molar refractivity (Wildman–Crippen MR) is 38.0 cm³/mol. The van der Waals surface area contributed by atoms with Crippen molar-refractivity contribution in [3.8, 4) is 6.07 Å². The summed E-state index contributed by atoms with van der Waals surface area (Å²) in [5, 5.41) is 16.1. The van der Waals surface area contributed by atoms with E-state index in [4.69, 9.17) is 10.7 Å². The fraction of sp³-hybridized carbons (Fsp3) is 0.714. The Morgan fingerprint density at radius 3 is 2.60 bits per heavy atom. The van der Waals surface area contributed by atoms with E-state index >= 15 is 0 Å². The second-order valence-electron chi connectivity index (χ2n) is 2.91. The van der Waals surface area contributed by atoms with Crippen LogP contribution in [0.1, 0.15) is 6.92 Å². The van der Waals surface area contributed by atoms with E-state index in [-0.39, 0.29) is 12.0 Å². The van der Waals surface area contributed by atoms with E-state index in [1.807, 2.05) is 14.0 Å².